The van der Waals surface area contributed by atoms with E-state index in [4.69, 9.17) is 28.4 Å². The second-order valence-electron chi connectivity index (χ2n) is 15.1. The molecule has 1 aromatic rings. The van der Waals surface area contributed by atoms with Crippen molar-refractivity contribution in [3.63, 3.8) is 0 Å². The Morgan fingerprint density at radius 3 is 2.22 bits per heavy atom. The van der Waals surface area contributed by atoms with E-state index in [0.717, 1.165) is 24.3 Å². The van der Waals surface area contributed by atoms with Gasteiger partial charge in [-0.15, -0.1) is 0 Å². The molecule has 0 amide bonds. The van der Waals surface area contributed by atoms with Crippen LogP contribution < -0.4 is 0 Å². The Morgan fingerprint density at radius 2 is 1.68 bits per heavy atom. The van der Waals surface area contributed by atoms with Gasteiger partial charge in [0, 0.05) is 83.0 Å². The molecule has 50 heavy (non-hydrogen) atoms. The Kier molecular flexibility index (Phi) is 8.51. The highest BCUT2D eigenvalue weighted by Crippen LogP contribution is 2.80. The van der Waals surface area contributed by atoms with E-state index in [1.54, 1.807) is 14.2 Å². The second kappa shape index (κ2) is 11.8. The van der Waals surface area contributed by atoms with Crippen molar-refractivity contribution in [1.82, 2.24) is 4.90 Å². The van der Waals surface area contributed by atoms with Crippen LogP contribution >= 0.6 is 0 Å². The van der Waals surface area contributed by atoms with Crippen LogP contribution in [0.5, 0.6) is 0 Å². The second-order valence-corrected chi connectivity index (χ2v) is 15.1. The Labute approximate surface area is 288 Å². The topological polar surface area (TPSA) is 153 Å². The third-order valence-corrected chi connectivity index (χ3v) is 13.6. The van der Waals surface area contributed by atoms with Crippen LogP contribution in [0.15, 0.2) is 24.3 Å². The fraction of sp³-hybridized carbons (Fsp3) is 0.771. The van der Waals surface area contributed by atoms with E-state index in [0.29, 0.717) is 13.1 Å². The standard InChI is InChI=1S/C35H46F3NO11/c1-7-39-14-31(15-45-3)20(41)12-21(46-4)33-19-13-32(44)28(49-30(43)17-8-10-18(11-9-17)35(36,37)38)22(19)34(50-16(2)40,27(42)29(32)48-6)23(26(33)39)24(47-5)25(31)33/h8-11,19-29,41-42,44H,7,12-15H2,1-6H3/t19?,20-,21?,22-,23?,24?,25?,26?,27?,28-,29+,31?,32-,33?,34-/m1/s1. The number of nitrogens with zero attached hydrogens (tertiary/aromatic N) is 1. The van der Waals surface area contributed by atoms with Crippen molar-refractivity contribution >= 4 is 11.9 Å². The molecule has 7 rings (SSSR count). The molecule has 0 aromatic heterocycles. The molecule has 3 N–H and O–H groups in total. The van der Waals surface area contributed by atoms with Gasteiger partial charge in [-0.25, -0.2) is 4.79 Å². The molecule has 15 heteroatoms. The number of hydrogen-bond donors (Lipinski definition) is 3. The number of ether oxygens (including phenoxy) is 6. The lowest BCUT2D eigenvalue weighted by atomic mass is 9.42. The van der Waals surface area contributed by atoms with E-state index in [9.17, 15) is 38.1 Å². The molecule has 1 aromatic carbocycles. The number of carbonyl (C=O) groups is 2. The molecule has 1 saturated heterocycles. The molecule has 15 atom stereocenters. The summed E-state index contributed by atoms with van der Waals surface area (Å²) < 4.78 is 76.9. The molecule has 0 radical (unpaired) electrons. The van der Waals surface area contributed by atoms with Crippen LogP contribution in [0.3, 0.4) is 0 Å². The number of likely N-dealkylation sites (tertiary alicyclic amines) is 1. The molecule has 6 aliphatic rings. The van der Waals surface area contributed by atoms with Gasteiger partial charge in [-0.05, 0) is 43.1 Å². The Balaban J connectivity index is 1.47. The predicted molar refractivity (Wildman–Crippen MR) is 165 cm³/mol. The summed E-state index contributed by atoms with van der Waals surface area (Å²) >= 11 is 0. The van der Waals surface area contributed by atoms with Gasteiger partial charge < -0.3 is 43.7 Å². The lowest BCUT2D eigenvalue weighted by Gasteiger charge is -2.70. The molecule has 278 valence electrons. The van der Waals surface area contributed by atoms with Crippen LogP contribution in [0.4, 0.5) is 13.2 Å². The Hall–Kier alpha value is -2.37. The van der Waals surface area contributed by atoms with Gasteiger partial charge in [0.1, 0.15) is 23.9 Å². The maximum atomic E-state index is 13.8. The number of benzene rings is 1. The number of fused-ring (bicyclic) bond motifs is 2. The summed E-state index contributed by atoms with van der Waals surface area (Å²) in [6.45, 7) is 4.28. The molecule has 5 saturated carbocycles. The molecule has 12 nitrogen and oxygen atoms in total. The normalized spacial score (nSPS) is 47.2. The number of hydrogen-bond acceptors (Lipinski definition) is 12. The minimum Gasteiger partial charge on any atom is -0.455 e. The number of carbonyl (C=O) groups excluding carboxylic acids is 2. The number of methoxy groups -OCH3 is 4. The first-order valence-electron chi connectivity index (χ1n) is 17.1. The molecule has 7 bridgehead atoms. The zero-order valence-corrected chi connectivity index (χ0v) is 28.9. The van der Waals surface area contributed by atoms with E-state index < -0.39 is 112 Å². The van der Waals surface area contributed by atoms with E-state index in [2.05, 4.69) is 4.90 Å². The van der Waals surface area contributed by atoms with Crippen molar-refractivity contribution in [1.29, 1.82) is 0 Å². The van der Waals surface area contributed by atoms with Crippen LogP contribution in [0.25, 0.3) is 0 Å². The number of aliphatic hydroxyl groups excluding tert-OH is 2. The number of alkyl halides is 3. The lowest BCUT2D eigenvalue weighted by molar-refractivity contribution is -0.322. The van der Waals surface area contributed by atoms with E-state index >= 15 is 0 Å². The van der Waals surface area contributed by atoms with Crippen LogP contribution in [-0.4, -0.2) is 134 Å². The lowest BCUT2D eigenvalue weighted by Crippen LogP contribution is -2.81. The third kappa shape index (κ3) is 4.23. The molecular formula is C35H46F3NO11. The average Bonchev–Trinajstić information content (AvgIpc) is 3.44. The summed E-state index contributed by atoms with van der Waals surface area (Å²) in [7, 11) is 5.96. The van der Waals surface area contributed by atoms with Gasteiger partial charge in [0.05, 0.1) is 36.0 Å². The van der Waals surface area contributed by atoms with Crippen molar-refractivity contribution in [2.45, 2.75) is 86.7 Å². The Bertz CT molecular complexity index is 1510. The number of aliphatic hydroxyl groups is 3. The number of piperidine rings is 1. The smallest absolute Gasteiger partial charge is 0.416 e. The first kappa shape index (κ1) is 36.0. The molecule has 1 spiro atoms. The highest BCUT2D eigenvalue weighted by atomic mass is 19.4. The molecule has 6 fully saturated rings. The van der Waals surface area contributed by atoms with Gasteiger partial charge in [0.2, 0.25) is 0 Å². The highest BCUT2D eigenvalue weighted by molar-refractivity contribution is 5.89. The van der Waals surface area contributed by atoms with Gasteiger partial charge in [0.15, 0.2) is 5.60 Å². The molecular weight excluding hydrogens is 667 g/mol. The zero-order valence-electron chi connectivity index (χ0n) is 28.9. The molecule has 5 aliphatic carbocycles. The highest BCUT2D eigenvalue weighted by Gasteiger charge is 2.92. The fourth-order valence-corrected chi connectivity index (χ4v) is 12.5. The van der Waals surface area contributed by atoms with Crippen LogP contribution in [-0.2, 0) is 39.4 Å². The van der Waals surface area contributed by atoms with Gasteiger partial charge in [-0.3, -0.25) is 9.69 Å². The van der Waals surface area contributed by atoms with Crippen LogP contribution in [0.2, 0.25) is 0 Å². The summed E-state index contributed by atoms with van der Waals surface area (Å²) in [6.07, 6.45) is -11.2. The van der Waals surface area contributed by atoms with Gasteiger partial charge in [0.25, 0.3) is 0 Å². The van der Waals surface area contributed by atoms with Gasteiger partial charge in [-0.1, -0.05) is 6.92 Å². The largest absolute Gasteiger partial charge is 0.455 e. The zero-order chi connectivity index (χ0) is 36.3. The summed E-state index contributed by atoms with van der Waals surface area (Å²) in [5.41, 5.74) is -6.83. The van der Waals surface area contributed by atoms with Crippen molar-refractivity contribution in [3.8, 4) is 0 Å². The van der Waals surface area contributed by atoms with Gasteiger partial charge in [-0.2, -0.15) is 13.2 Å². The van der Waals surface area contributed by atoms with Crippen molar-refractivity contribution in [2.75, 3.05) is 48.1 Å². The number of rotatable bonds is 9. The fourth-order valence-electron chi connectivity index (χ4n) is 12.5. The summed E-state index contributed by atoms with van der Waals surface area (Å²) in [4.78, 5) is 29.3. The number of esters is 2. The first-order chi connectivity index (χ1) is 23.6. The molecule has 1 heterocycles. The minimum atomic E-state index is -4.62. The SMILES string of the molecule is CCN1CC2(COC)C3C(OC)C4C1C3(C(OC)C[C@H]2O)C1C[C@@]2(O)[C@H](OC(=O)c3ccc(C(F)(F)F)cc3)[C@@H]1[C@]4(OC(C)=O)C(O)[C@@H]2OC. The minimum absolute atomic E-state index is 0.0755. The molecule has 1 aliphatic heterocycles. The van der Waals surface area contributed by atoms with E-state index in [-0.39, 0.29) is 25.0 Å². The van der Waals surface area contributed by atoms with E-state index in [1.807, 2.05) is 6.92 Å². The number of halogens is 3. The van der Waals surface area contributed by atoms with Crippen LogP contribution in [0, 0.1) is 34.5 Å². The predicted octanol–water partition coefficient (Wildman–Crippen LogP) is 1.67. The summed E-state index contributed by atoms with van der Waals surface area (Å²) in [5.74, 6) is -4.72. The van der Waals surface area contributed by atoms with Crippen molar-refractivity contribution in [3.05, 3.63) is 35.4 Å². The summed E-state index contributed by atoms with van der Waals surface area (Å²) in [5, 5.41) is 37.3. The van der Waals surface area contributed by atoms with Crippen molar-refractivity contribution < 1.29 is 66.5 Å². The summed E-state index contributed by atoms with van der Waals surface area (Å²) in [6, 6.07) is 3.09. The quantitative estimate of drug-likeness (QED) is 0.319. The first-order valence-corrected chi connectivity index (χ1v) is 17.1. The van der Waals surface area contributed by atoms with Crippen molar-refractivity contribution in [2.24, 2.45) is 34.5 Å². The van der Waals surface area contributed by atoms with Gasteiger partial charge >= 0.3 is 18.1 Å². The van der Waals surface area contributed by atoms with Crippen LogP contribution in [0.1, 0.15) is 42.6 Å². The maximum Gasteiger partial charge on any atom is 0.416 e. The van der Waals surface area contributed by atoms with E-state index in [1.165, 1.54) is 21.1 Å². The monoisotopic (exact) mass is 713 g/mol. The average molecular weight is 714 g/mol. The third-order valence-electron chi connectivity index (χ3n) is 13.6. The molecule has 9 unspecified atom stereocenters. The maximum absolute atomic E-state index is 13.8. The Morgan fingerprint density at radius 1 is 1.00 bits per heavy atom.